The molecule has 13 heteroatoms. The summed E-state index contributed by atoms with van der Waals surface area (Å²) in [4.78, 5) is 37.5. The number of aliphatic hydroxyl groups excluding tert-OH is 1. The van der Waals surface area contributed by atoms with Crippen LogP contribution in [0.15, 0.2) is 51.2 Å². The SMILES string of the molecule is CO[C@@H]1[C@@H](OC(N)=O)[C@H](O)C(Oc2ccc3c(O)c(NC(=O)c4ccc(O)c(CC=C(C)C)c4)c(=O)oc3c2C)OC1(C)C. The Balaban J connectivity index is 1.63. The van der Waals surface area contributed by atoms with E-state index in [-0.39, 0.29) is 33.6 Å². The van der Waals surface area contributed by atoms with Gasteiger partial charge < -0.3 is 49.7 Å². The van der Waals surface area contributed by atoms with Crippen LogP contribution < -0.4 is 21.4 Å². The molecule has 13 nitrogen and oxygen atoms in total. The number of fused-ring (bicyclic) bond motifs is 1. The first-order chi connectivity index (χ1) is 20.6. The lowest BCUT2D eigenvalue weighted by Gasteiger charge is -2.47. The minimum absolute atomic E-state index is 0.0183. The zero-order valence-corrected chi connectivity index (χ0v) is 25.2. The van der Waals surface area contributed by atoms with Crippen LogP contribution in [0.3, 0.4) is 0 Å². The number of hydrogen-bond donors (Lipinski definition) is 5. The number of phenols is 1. The fourth-order valence-electron chi connectivity index (χ4n) is 5.06. The Morgan fingerprint density at radius 3 is 2.50 bits per heavy atom. The number of allylic oxidation sites excluding steroid dienone is 2. The number of carbonyl (C=O) groups excluding carboxylic acids is 2. The highest BCUT2D eigenvalue weighted by Gasteiger charge is 2.53. The number of benzene rings is 2. The monoisotopic (exact) mass is 612 g/mol. The van der Waals surface area contributed by atoms with Gasteiger partial charge in [0, 0.05) is 18.2 Å². The predicted octanol–water partition coefficient (Wildman–Crippen LogP) is 3.63. The summed E-state index contributed by atoms with van der Waals surface area (Å²) >= 11 is 0. The number of nitrogens with one attached hydrogen (secondary N) is 1. The van der Waals surface area contributed by atoms with Gasteiger partial charge in [-0.05, 0) is 76.9 Å². The number of carbonyl (C=O) groups is 2. The normalized spacial score (nSPS) is 21.0. The van der Waals surface area contributed by atoms with Gasteiger partial charge in [-0.2, -0.15) is 0 Å². The van der Waals surface area contributed by atoms with Gasteiger partial charge >= 0.3 is 11.7 Å². The third-order valence-corrected chi connectivity index (χ3v) is 7.33. The number of anilines is 1. The molecule has 3 aromatic rings. The maximum atomic E-state index is 13.0. The molecule has 44 heavy (non-hydrogen) atoms. The van der Waals surface area contributed by atoms with Crippen molar-refractivity contribution in [1.29, 1.82) is 0 Å². The van der Waals surface area contributed by atoms with Crippen LogP contribution in [0.5, 0.6) is 17.2 Å². The lowest BCUT2D eigenvalue weighted by molar-refractivity contribution is -0.304. The standard InChI is InChI=1S/C31H36N2O11/c1-14(2)7-8-16-13-17(9-11-19(16)34)27(37)33-21-22(35)18-10-12-20(15(3)24(18)42-28(21)38)41-29-23(36)25(43-30(32)39)26(40-6)31(4,5)44-29/h7,9-13,23,25-26,29,34-36H,8H2,1-6H3,(H2,32,39)(H,33,37)/t23-,25-,26+,29?/m0/s1. The second-order valence-electron chi connectivity index (χ2n) is 11.2. The number of methoxy groups -OCH3 is 1. The fraction of sp³-hybridized carbons (Fsp3) is 0.387. The second-order valence-corrected chi connectivity index (χ2v) is 11.2. The number of phenolic OH excluding ortho intramolecular Hbond substituents is 1. The lowest BCUT2D eigenvalue weighted by Crippen LogP contribution is -2.65. The second kappa shape index (κ2) is 12.6. The third-order valence-electron chi connectivity index (χ3n) is 7.33. The van der Waals surface area contributed by atoms with Crippen LogP contribution in [0.4, 0.5) is 10.5 Å². The van der Waals surface area contributed by atoms with Gasteiger partial charge in [0.1, 0.15) is 23.2 Å². The van der Waals surface area contributed by atoms with E-state index in [0.29, 0.717) is 12.0 Å². The van der Waals surface area contributed by atoms with Crippen molar-refractivity contribution >= 4 is 28.7 Å². The van der Waals surface area contributed by atoms with E-state index in [4.69, 9.17) is 29.1 Å². The van der Waals surface area contributed by atoms with Gasteiger partial charge in [0.05, 0.1) is 11.0 Å². The molecular weight excluding hydrogens is 576 g/mol. The van der Waals surface area contributed by atoms with Crippen molar-refractivity contribution in [3.05, 3.63) is 69.1 Å². The number of amides is 2. The number of aryl methyl sites for hydroxylation is 1. The molecule has 1 aliphatic rings. The van der Waals surface area contributed by atoms with E-state index in [9.17, 15) is 29.7 Å². The van der Waals surface area contributed by atoms with Crippen molar-refractivity contribution < 1.29 is 48.3 Å². The highest BCUT2D eigenvalue weighted by atomic mass is 16.7. The summed E-state index contributed by atoms with van der Waals surface area (Å²) < 4.78 is 27.9. The van der Waals surface area contributed by atoms with E-state index in [1.54, 1.807) is 20.8 Å². The Morgan fingerprint density at radius 2 is 1.86 bits per heavy atom. The maximum Gasteiger partial charge on any atom is 0.404 e. The molecule has 1 unspecified atom stereocenters. The Labute approximate surface area is 252 Å². The molecule has 0 aliphatic carbocycles. The highest BCUT2D eigenvalue weighted by molar-refractivity contribution is 6.06. The molecule has 2 heterocycles. The summed E-state index contributed by atoms with van der Waals surface area (Å²) in [7, 11) is 1.37. The lowest BCUT2D eigenvalue weighted by atomic mass is 9.89. The van der Waals surface area contributed by atoms with Crippen LogP contribution in [0, 0.1) is 6.92 Å². The first-order valence-electron chi connectivity index (χ1n) is 13.7. The van der Waals surface area contributed by atoms with E-state index in [1.165, 1.54) is 37.4 Å². The first kappa shape index (κ1) is 32.3. The summed E-state index contributed by atoms with van der Waals surface area (Å²) in [5.41, 5.74) is 4.54. The summed E-state index contributed by atoms with van der Waals surface area (Å²) in [5, 5.41) is 34.6. The summed E-state index contributed by atoms with van der Waals surface area (Å²) in [5.74, 6) is -1.09. The van der Waals surface area contributed by atoms with Crippen LogP contribution in [0.25, 0.3) is 11.0 Å². The zero-order chi connectivity index (χ0) is 32.5. The zero-order valence-electron chi connectivity index (χ0n) is 25.2. The molecule has 0 bridgehead atoms. The van der Waals surface area contributed by atoms with Crippen LogP contribution in [-0.2, 0) is 20.6 Å². The van der Waals surface area contributed by atoms with Gasteiger partial charge in [0.15, 0.2) is 23.6 Å². The van der Waals surface area contributed by atoms with Crippen LogP contribution in [-0.4, -0.2) is 64.6 Å². The topological polar surface area (TPSA) is 200 Å². The van der Waals surface area contributed by atoms with Crippen molar-refractivity contribution in [2.45, 2.75) is 71.2 Å². The van der Waals surface area contributed by atoms with Gasteiger partial charge in [-0.25, -0.2) is 9.59 Å². The van der Waals surface area contributed by atoms with Crippen LogP contribution in [0.1, 0.15) is 49.2 Å². The number of hydrogen-bond acceptors (Lipinski definition) is 11. The van der Waals surface area contributed by atoms with Crippen molar-refractivity contribution in [3.63, 3.8) is 0 Å². The van der Waals surface area contributed by atoms with Crippen molar-refractivity contribution in [1.82, 2.24) is 0 Å². The quantitative estimate of drug-likeness (QED) is 0.184. The van der Waals surface area contributed by atoms with E-state index < -0.39 is 59.3 Å². The molecule has 4 atom stereocenters. The van der Waals surface area contributed by atoms with E-state index in [0.717, 1.165) is 5.57 Å². The largest absolute Gasteiger partial charge is 0.508 e. The Hall–Kier alpha value is -4.59. The molecule has 2 aromatic carbocycles. The van der Waals surface area contributed by atoms with E-state index >= 15 is 0 Å². The molecule has 0 radical (unpaired) electrons. The van der Waals surface area contributed by atoms with Crippen LogP contribution >= 0.6 is 0 Å². The predicted molar refractivity (Wildman–Crippen MR) is 159 cm³/mol. The van der Waals surface area contributed by atoms with Gasteiger partial charge in [-0.1, -0.05) is 11.6 Å². The molecule has 0 spiro atoms. The van der Waals surface area contributed by atoms with Gasteiger partial charge in [0.2, 0.25) is 6.29 Å². The Bertz CT molecular complexity index is 1670. The molecule has 4 rings (SSSR count). The van der Waals surface area contributed by atoms with Crippen LogP contribution in [0.2, 0.25) is 0 Å². The number of primary amides is 1. The molecule has 1 aromatic heterocycles. The number of ether oxygens (including phenoxy) is 4. The first-order valence-corrected chi connectivity index (χ1v) is 13.7. The molecule has 236 valence electrons. The molecular formula is C31H36N2O11. The highest BCUT2D eigenvalue weighted by Crippen LogP contribution is 2.38. The van der Waals surface area contributed by atoms with Gasteiger partial charge in [0.25, 0.3) is 5.91 Å². The van der Waals surface area contributed by atoms with Crippen molar-refractivity contribution in [2.75, 3.05) is 12.4 Å². The molecule has 2 amide bonds. The average molecular weight is 613 g/mol. The minimum Gasteiger partial charge on any atom is -0.508 e. The molecule has 1 saturated heterocycles. The van der Waals surface area contributed by atoms with Crippen molar-refractivity contribution in [3.8, 4) is 17.2 Å². The average Bonchev–Trinajstić information content (AvgIpc) is 2.94. The number of aromatic hydroxyl groups is 2. The summed E-state index contributed by atoms with van der Waals surface area (Å²) in [6.07, 6.45) is -3.81. The number of aliphatic hydroxyl groups is 1. The minimum atomic E-state index is -1.52. The van der Waals surface area contributed by atoms with Gasteiger partial charge in [-0.15, -0.1) is 0 Å². The number of nitrogens with two attached hydrogens (primary N) is 1. The Morgan fingerprint density at radius 1 is 1.16 bits per heavy atom. The molecule has 6 N–H and O–H groups in total. The van der Waals surface area contributed by atoms with Crippen molar-refractivity contribution in [2.24, 2.45) is 5.73 Å². The van der Waals surface area contributed by atoms with E-state index in [2.05, 4.69) is 5.32 Å². The summed E-state index contributed by atoms with van der Waals surface area (Å²) in [6.45, 7) is 8.69. The number of rotatable bonds is 8. The fourth-order valence-corrected chi connectivity index (χ4v) is 5.06. The summed E-state index contributed by atoms with van der Waals surface area (Å²) in [6, 6.07) is 7.12. The Kier molecular flexibility index (Phi) is 9.23. The van der Waals surface area contributed by atoms with Gasteiger partial charge in [-0.3, -0.25) is 4.79 Å². The third kappa shape index (κ3) is 6.49. The molecule has 1 fully saturated rings. The van der Waals surface area contributed by atoms with E-state index in [1.807, 2.05) is 19.9 Å². The molecule has 0 saturated carbocycles. The molecule has 1 aliphatic heterocycles. The smallest absolute Gasteiger partial charge is 0.404 e. The maximum absolute atomic E-state index is 13.0.